The first-order valence-electron chi connectivity index (χ1n) is 5.35. The van der Waals surface area contributed by atoms with Crippen molar-refractivity contribution in [3.63, 3.8) is 0 Å². The first-order valence-corrected chi connectivity index (χ1v) is 5.35. The molecule has 88 valence electrons. The van der Waals surface area contributed by atoms with E-state index in [1.54, 1.807) is 12.4 Å². The van der Waals surface area contributed by atoms with Crippen molar-refractivity contribution in [2.45, 2.75) is 20.3 Å². The number of rotatable bonds is 5. The highest BCUT2D eigenvalue weighted by molar-refractivity contribution is 5.75. The summed E-state index contributed by atoms with van der Waals surface area (Å²) in [6, 6.07) is 3.66. The third-order valence-corrected chi connectivity index (χ3v) is 3.16. The average Bonchev–Trinajstić information content (AvgIpc) is 2.26. The van der Waals surface area contributed by atoms with Crippen molar-refractivity contribution in [2.24, 2.45) is 17.1 Å². The first kappa shape index (κ1) is 12.6. The summed E-state index contributed by atoms with van der Waals surface area (Å²) >= 11 is 0. The number of aromatic nitrogens is 1. The van der Waals surface area contributed by atoms with Gasteiger partial charge in [0.1, 0.15) is 0 Å². The number of aliphatic carboxylic acids is 1. The molecule has 1 unspecified atom stereocenters. The predicted octanol–water partition coefficient (Wildman–Crippen LogP) is 1.31. The Morgan fingerprint density at radius 2 is 2.06 bits per heavy atom. The Bertz CT molecular complexity index is 351. The van der Waals surface area contributed by atoms with Gasteiger partial charge in [-0.25, -0.2) is 0 Å². The molecule has 0 aliphatic carbocycles. The number of nitrogens with zero attached hydrogens (tertiary/aromatic N) is 1. The van der Waals surface area contributed by atoms with Crippen molar-refractivity contribution in [1.82, 2.24) is 4.98 Å². The summed E-state index contributed by atoms with van der Waals surface area (Å²) < 4.78 is 0. The molecule has 3 N–H and O–H groups in total. The van der Waals surface area contributed by atoms with Crippen LogP contribution in [0, 0.1) is 11.3 Å². The molecule has 0 aliphatic rings. The minimum atomic E-state index is -0.888. The Morgan fingerprint density at radius 1 is 1.50 bits per heavy atom. The lowest BCUT2D eigenvalue weighted by Gasteiger charge is -2.32. The first-order chi connectivity index (χ1) is 7.53. The van der Waals surface area contributed by atoms with Crippen molar-refractivity contribution in [1.29, 1.82) is 0 Å². The van der Waals surface area contributed by atoms with Crippen LogP contribution in [0.2, 0.25) is 0 Å². The molecule has 0 bridgehead atoms. The number of nitrogens with two attached hydrogens (primary N) is 1. The fourth-order valence-corrected chi connectivity index (χ4v) is 1.79. The lowest BCUT2D eigenvalue weighted by molar-refractivity contribution is -0.151. The van der Waals surface area contributed by atoms with Crippen LogP contribution in [0.3, 0.4) is 0 Å². The molecule has 0 saturated carbocycles. The number of carboxylic acids is 1. The number of hydrogen-bond acceptors (Lipinski definition) is 3. The van der Waals surface area contributed by atoms with E-state index in [0.29, 0.717) is 6.42 Å². The maximum atomic E-state index is 11.4. The molecule has 0 saturated heterocycles. The van der Waals surface area contributed by atoms with Crippen LogP contribution < -0.4 is 5.73 Å². The van der Waals surface area contributed by atoms with Crippen LogP contribution in [0.4, 0.5) is 0 Å². The van der Waals surface area contributed by atoms with Crippen molar-refractivity contribution < 1.29 is 9.90 Å². The largest absolute Gasteiger partial charge is 0.481 e. The summed E-state index contributed by atoms with van der Waals surface area (Å²) in [6.45, 7) is 3.92. The highest BCUT2D eigenvalue weighted by Crippen LogP contribution is 2.31. The fourth-order valence-electron chi connectivity index (χ4n) is 1.79. The Labute approximate surface area is 95.5 Å². The third kappa shape index (κ3) is 2.39. The molecule has 1 atom stereocenters. The molecule has 4 heteroatoms. The van der Waals surface area contributed by atoms with E-state index >= 15 is 0 Å². The normalized spacial score (nSPS) is 14.8. The highest BCUT2D eigenvalue weighted by Gasteiger charge is 2.40. The van der Waals surface area contributed by atoms with Gasteiger partial charge in [0.05, 0.1) is 5.41 Å². The number of hydrogen-bond donors (Lipinski definition) is 2. The van der Waals surface area contributed by atoms with Gasteiger partial charge >= 0.3 is 5.97 Å². The number of carboxylic acid groups (broad SMARTS) is 1. The second-order valence-corrected chi connectivity index (χ2v) is 4.35. The lowest BCUT2D eigenvalue weighted by Crippen LogP contribution is -2.45. The zero-order valence-electron chi connectivity index (χ0n) is 9.68. The molecule has 1 heterocycles. The summed E-state index contributed by atoms with van der Waals surface area (Å²) in [5.41, 5.74) is 5.73. The summed E-state index contributed by atoms with van der Waals surface area (Å²) in [4.78, 5) is 15.3. The van der Waals surface area contributed by atoms with Gasteiger partial charge in [-0.2, -0.15) is 0 Å². The number of carbonyl (C=O) groups is 1. The molecule has 16 heavy (non-hydrogen) atoms. The lowest BCUT2D eigenvalue weighted by atomic mass is 9.73. The topological polar surface area (TPSA) is 76.2 Å². The molecular formula is C12H18N2O2. The second kappa shape index (κ2) is 5.07. The van der Waals surface area contributed by atoms with E-state index in [2.05, 4.69) is 4.98 Å². The molecule has 0 spiro atoms. The van der Waals surface area contributed by atoms with Crippen LogP contribution in [-0.4, -0.2) is 22.6 Å². The molecule has 1 aromatic heterocycles. The quantitative estimate of drug-likeness (QED) is 0.787. The maximum absolute atomic E-state index is 11.4. The molecule has 0 aromatic carbocycles. The van der Waals surface area contributed by atoms with E-state index in [-0.39, 0.29) is 12.5 Å². The third-order valence-electron chi connectivity index (χ3n) is 3.16. The molecule has 0 aliphatic heterocycles. The van der Waals surface area contributed by atoms with Crippen molar-refractivity contribution in [3.8, 4) is 0 Å². The molecule has 1 rings (SSSR count). The SMILES string of the molecule is CC(C)C(CN)(Cc1ccncc1)C(=O)O. The van der Waals surface area contributed by atoms with Gasteiger partial charge in [0.25, 0.3) is 0 Å². The van der Waals surface area contributed by atoms with E-state index in [4.69, 9.17) is 5.73 Å². The summed E-state index contributed by atoms with van der Waals surface area (Å²) in [5.74, 6) is -0.843. The van der Waals surface area contributed by atoms with Gasteiger partial charge < -0.3 is 10.8 Å². The monoisotopic (exact) mass is 222 g/mol. The Hall–Kier alpha value is -1.42. The molecule has 1 aromatic rings. The summed E-state index contributed by atoms with van der Waals surface area (Å²) in [6.07, 6.45) is 3.77. The van der Waals surface area contributed by atoms with E-state index in [0.717, 1.165) is 5.56 Å². The van der Waals surface area contributed by atoms with Gasteiger partial charge in [0, 0.05) is 18.9 Å². The van der Waals surface area contributed by atoms with Crippen LogP contribution in [0.25, 0.3) is 0 Å². The smallest absolute Gasteiger partial charge is 0.311 e. The minimum absolute atomic E-state index is 0.0110. The van der Waals surface area contributed by atoms with Gasteiger partial charge in [0.2, 0.25) is 0 Å². The van der Waals surface area contributed by atoms with Crippen LogP contribution in [0.5, 0.6) is 0 Å². The van der Waals surface area contributed by atoms with Crippen LogP contribution >= 0.6 is 0 Å². The molecule has 4 nitrogen and oxygen atoms in total. The van der Waals surface area contributed by atoms with E-state index < -0.39 is 11.4 Å². The van der Waals surface area contributed by atoms with Gasteiger partial charge in [-0.1, -0.05) is 13.8 Å². The molecule has 0 fully saturated rings. The van der Waals surface area contributed by atoms with E-state index in [1.807, 2.05) is 26.0 Å². The minimum Gasteiger partial charge on any atom is -0.481 e. The highest BCUT2D eigenvalue weighted by atomic mass is 16.4. The van der Waals surface area contributed by atoms with Crippen molar-refractivity contribution in [2.75, 3.05) is 6.54 Å². The zero-order valence-corrected chi connectivity index (χ0v) is 9.68. The van der Waals surface area contributed by atoms with Crippen molar-refractivity contribution in [3.05, 3.63) is 30.1 Å². The standard InChI is InChI=1S/C12H18N2O2/c1-9(2)12(8-13,11(15)16)7-10-3-5-14-6-4-10/h3-6,9H,7-8,13H2,1-2H3,(H,15,16). The molecule has 0 radical (unpaired) electrons. The van der Waals surface area contributed by atoms with Crippen LogP contribution in [-0.2, 0) is 11.2 Å². The van der Waals surface area contributed by atoms with Gasteiger partial charge in [-0.3, -0.25) is 9.78 Å². The van der Waals surface area contributed by atoms with Gasteiger partial charge in [-0.15, -0.1) is 0 Å². The van der Waals surface area contributed by atoms with Crippen LogP contribution in [0.15, 0.2) is 24.5 Å². The predicted molar refractivity (Wildman–Crippen MR) is 61.9 cm³/mol. The van der Waals surface area contributed by atoms with E-state index in [1.165, 1.54) is 0 Å². The fraction of sp³-hybridized carbons (Fsp3) is 0.500. The Balaban J connectivity index is 3.00. The van der Waals surface area contributed by atoms with E-state index in [9.17, 15) is 9.90 Å². The molecule has 0 amide bonds. The van der Waals surface area contributed by atoms with Crippen molar-refractivity contribution >= 4 is 5.97 Å². The Morgan fingerprint density at radius 3 is 2.44 bits per heavy atom. The summed E-state index contributed by atoms with van der Waals surface area (Å²) in [7, 11) is 0. The number of pyridine rings is 1. The molecular weight excluding hydrogens is 204 g/mol. The maximum Gasteiger partial charge on any atom is 0.311 e. The van der Waals surface area contributed by atoms with Crippen LogP contribution in [0.1, 0.15) is 19.4 Å². The van der Waals surface area contributed by atoms with Gasteiger partial charge in [0.15, 0.2) is 0 Å². The summed E-state index contributed by atoms with van der Waals surface area (Å²) in [5, 5.41) is 9.36. The zero-order chi connectivity index (χ0) is 12.2. The second-order valence-electron chi connectivity index (χ2n) is 4.35. The van der Waals surface area contributed by atoms with Gasteiger partial charge in [-0.05, 0) is 30.0 Å². The Kier molecular flexibility index (Phi) is 4.01. The average molecular weight is 222 g/mol.